The summed E-state index contributed by atoms with van der Waals surface area (Å²) >= 11 is 0. The Bertz CT molecular complexity index is 334. The minimum atomic E-state index is -0.713. The highest BCUT2D eigenvalue weighted by atomic mass is 19.1. The molecule has 0 saturated carbocycles. The molecule has 0 aliphatic carbocycles. The quantitative estimate of drug-likeness (QED) is 0.671. The zero-order valence-electron chi connectivity index (χ0n) is 6.42. The Labute approximate surface area is 69.7 Å². The SMILES string of the molecule is C=Cc1c(N=C)ccc(O)c1F. The second-order valence-corrected chi connectivity index (χ2v) is 2.19. The van der Waals surface area contributed by atoms with Crippen molar-refractivity contribution in [3.05, 3.63) is 30.1 Å². The Kier molecular flexibility index (Phi) is 2.24. The van der Waals surface area contributed by atoms with Crippen LogP contribution in [0, 0.1) is 5.82 Å². The van der Waals surface area contributed by atoms with Crippen LogP contribution in [0.25, 0.3) is 6.08 Å². The van der Waals surface area contributed by atoms with E-state index in [4.69, 9.17) is 5.11 Å². The van der Waals surface area contributed by atoms with Crippen molar-refractivity contribution in [1.82, 2.24) is 0 Å². The molecular weight excluding hydrogens is 157 g/mol. The van der Waals surface area contributed by atoms with E-state index in [1.807, 2.05) is 0 Å². The lowest BCUT2D eigenvalue weighted by atomic mass is 10.1. The first-order valence-corrected chi connectivity index (χ1v) is 3.31. The van der Waals surface area contributed by atoms with Gasteiger partial charge >= 0.3 is 0 Å². The second kappa shape index (κ2) is 3.17. The number of nitrogens with zero attached hydrogens (tertiary/aromatic N) is 1. The van der Waals surface area contributed by atoms with E-state index in [0.29, 0.717) is 5.69 Å². The minimum absolute atomic E-state index is 0.171. The standard InChI is InChI=1S/C9H8FNO/c1-3-6-7(11-2)4-5-8(12)9(6)10/h3-5,12H,1-2H2. The van der Waals surface area contributed by atoms with E-state index in [2.05, 4.69) is 18.3 Å². The monoisotopic (exact) mass is 165 g/mol. The summed E-state index contributed by atoms with van der Waals surface area (Å²) in [6.07, 6.45) is 1.29. The smallest absolute Gasteiger partial charge is 0.174 e. The highest BCUT2D eigenvalue weighted by molar-refractivity contribution is 5.67. The number of aliphatic imine (C=N–C) groups is 1. The molecule has 0 aliphatic heterocycles. The van der Waals surface area contributed by atoms with Gasteiger partial charge in [0.05, 0.1) is 5.69 Å². The fourth-order valence-corrected chi connectivity index (χ4v) is 0.903. The van der Waals surface area contributed by atoms with Gasteiger partial charge in [-0.3, -0.25) is 4.99 Å². The molecule has 0 amide bonds. The van der Waals surface area contributed by atoms with Gasteiger partial charge < -0.3 is 5.11 Å². The van der Waals surface area contributed by atoms with Crippen molar-refractivity contribution >= 4 is 18.5 Å². The first-order chi connectivity index (χ1) is 5.70. The Hall–Kier alpha value is -1.64. The number of rotatable bonds is 2. The summed E-state index contributed by atoms with van der Waals surface area (Å²) in [6.45, 7) is 6.67. The number of hydrogen-bond acceptors (Lipinski definition) is 2. The van der Waals surface area contributed by atoms with E-state index in [1.54, 1.807) is 0 Å². The number of phenolic OH excluding ortho intramolecular Hbond substituents is 1. The Morgan fingerprint density at radius 1 is 1.50 bits per heavy atom. The van der Waals surface area contributed by atoms with Crippen LogP contribution >= 0.6 is 0 Å². The molecule has 1 rings (SSSR count). The molecular formula is C9H8FNO. The minimum Gasteiger partial charge on any atom is -0.505 e. The average molecular weight is 165 g/mol. The molecule has 0 aromatic heterocycles. The number of halogens is 1. The Balaban J connectivity index is 3.45. The predicted octanol–water partition coefficient (Wildman–Crippen LogP) is 2.51. The van der Waals surface area contributed by atoms with Gasteiger partial charge in [0.15, 0.2) is 11.6 Å². The zero-order chi connectivity index (χ0) is 9.14. The highest BCUT2D eigenvalue weighted by Crippen LogP contribution is 2.28. The van der Waals surface area contributed by atoms with Crippen LogP contribution in [0.1, 0.15) is 5.56 Å². The van der Waals surface area contributed by atoms with Gasteiger partial charge in [0.1, 0.15) is 0 Å². The van der Waals surface area contributed by atoms with Crippen molar-refractivity contribution in [2.24, 2.45) is 4.99 Å². The van der Waals surface area contributed by atoms with Gasteiger partial charge in [0.2, 0.25) is 0 Å². The summed E-state index contributed by atoms with van der Waals surface area (Å²) in [5, 5.41) is 8.97. The molecule has 0 bridgehead atoms. The molecule has 0 saturated heterocycles. The summed E-state index contributed by atoms with van der Waals surface area (Å²) in [6, 6.07) is 2.70. The van der Waals surface area contributed by atoms with Crippen LogP contribution in [0.4, 0.5) is 10.1 Å². The molecule has 62 valence electrons. The number of phenols is 1. The van der Waals surface area contributed by atoms with Crippen LogP contribution in [0.15, 0.2) is 23.7 Å². The largest absolute Gasteiger partial charge is 0.505 e. The van der Waals surface area contributed by atoms with E-state index >= 15 is 0 Å². The van der Waals surface area contributed by atoms with E-state index in [0.717, 1.165) is 0 Å². The number of benzene rings is 1. The molecule has 3 heteroatoms. The summed E-state index contributed by atoms with van der Waals surface area (Å²) in [5.41, 5.74) is 0.547. The molecule has 2 nitrogen and oxygen atoms in total. The molecule has 0 heterocycles. The molecule has 0 radical (unpaired) electrons. The molecule has 1 N–H and O–H groups in total. The van der Waals surface area contributed by atoms with Gasteiger partial charge in [-0.2, -0.15) is 0 Å². The first kappa shape index (κ1) is 8.46. The summed E-state index contributed by atoms with van der Waals surface area (Å²) in [5.74, 6) is -1.12. The van der Waals surface area contributed by atoms with E-state index in [-0.39, 0.29) is 5.56 Å². The van der Waals surface area contributed by atoms with Crippen LogP contribution in [0.2, 0.25) is 0 Å². The lowest BCUT2D eigenvalue weighted by Gasteiger charge is -2.02. The van der Waals surface area contributed by atoms with Crippen molar-refractivity contribution in [2.75, 3.05) is 0 Å². The highest BCUT2D eigenvalue weighted by Gasteiger charge is 2.08. The fraction of sp³-hybridized carbons (Fsp3) is 0. The van der Waals surface area contributed by atoms with Crippen LogP contribution in [0.5, 0.6) is 5.75 Å². The lowest BCUT2D eigenvalue weighted by molar-refractivity contribution is 0.432. The summed E-state index contributed by atoms with van der Waals surface area (Å²) < 4.78 is 13.0. The number of aromatic hydroxyl groups is 1. The molecule has 0 fully saturated rings. The summed E-state index contributed by atoms with van der Waals surface area (Å²) in [4.78, 5) is 3.57. The van der Waals surface area contributed by atoms with Crippen LogP contribution < -0.4 is 0 Å². The third-order valence-electron chi connectivity index (χ3n) is 1.51. The maximum atomic E-state index is 13.0. The molecule has 0 aliphatic rings. The van der Waals surface area contributed by atoms with Crippen molar-refractivity contribution < 1.29 is 9.50 Å². The van der Waals surface area contributed by atoms with E-state index in [1.165, 1.54) is 18.2 Å². The second-order valence-electron chi connectivity index (χ2n) is 2.19. The van der Waals surface area contributed by atoms with Gasteiger partial charge in [0.25, 0.3) is 0 Å². The zero-order valence-corrected chi connectivity index (χ0v) is 6.42. The van der Waals surface area contributed by atoms with Crippen molar-refractivity contribution in [3.63, 3.8) is 0 Å². The Morgan fingerprint density at radius 2 is 2.17 bits per heavy atom. The third-order valence-corrected chi connectivity index (χ3v) is 1.51. The number of hydrogen-bond donors (Lipinski definition) is 1. The molecule has 0 unspecified atom stereocenters. The molecule has 1 aromatic rings. The van der Waals surface area contributed by atoms with Gasteiger partial charge in [-0.15, -0.1) is 0 Å². The normalized spacial score (nSPS) is 9.42. The van der Waals surface area contributed by atoms with E-state index in [9.17, 15) is 4.39 Å². The topological polar surface area (TPSA) is 32.6 Å². The average Bonchev–Trinajstić information content (AvgIpc) is 2.09. The molecule has 0 atom stereocenters. The van der Waals surface area contributed by atoms with Gasteiger partial charge in [0, 0.05) is 5.56 Å². The molecule has 12 heavy (non-hydrogen) atoms. The fourth-order valence-electron chi connectivity index (χ4n) is 0.903. The van der Waals surface area contributed by atoms with Crippen LogP contribution in [-0.4, -0.2) is 11.8 Å². The molecule has 1 aromatic carbocycles. The molecule has 0 spiro atoms. The first-order valence-electron chi connectivity index (χ1n) is 3.31. The van der Waals surface area contributed by atoms with Gasteiger partial charge in [-0.05, 0) is 18.9 Å². The predicted molar refractivity (Wildman–Crippen MR) is 47.4 cm³/mol. The van der Waals surface area contributed by atoms with Gasteiger partial charge in [-0.1, -0.05) is 12.7 Å². The van der Waals surface area contributed by atoms with Crippen molar-refractivity contribution in [1.29, 1.82) is 0 Å². The summed E-state index contributed by atoms with van der Waals surface area (Å²) in [7, 11) is 0. The Morgan fingerprint density at radius 3 is 2.67 bits per heavy atom. The maximum absolute atomic E-state index is 13.0. The lowest BCUT2D eigenvalue weighted by Crippen LogP contribution is -1.83. The van der Waals surface area contributed by atoms with Crippen LogP contribution in [0.3, 0.4) is 0 Å². The van der Waals surface area contributed by atoms with Crippen molar-refractivity contribution in [3.8, 4) is 5.75 Å². The van der Waals surface area contributed by atoms with Crippen molar-refractivity contribution in [2.45, 2.75) is 0 Å². The maximum Gasteiger partial charge on any atom is 0.174 e. The van der Waals surface area contributed by atoms with Gasteiger partial charge in [-0.25, -0.2) is 4.39 Å². The van der Waals surface area contributed by atoms with E-state index < -0.39 is 11.6 Å². The third kappa shape index (κ3) is 1.21. The van der Waals surface area contributed by atoms with Crippen LogP contribution in [-0.2, 0) is 0 Å².